The van der Waals surface area contributed by atoms with Crippen molar-refractivity contribution < 1.29 is 19.1 Å². The molecule has 7 heteroatoms. The molecule has 2 aliphatic rings. The Morgan fingerprint density at radius 1 is 1.18 bits per heavy atom. The van der Waals surface area contributed by atoms with Crippen LogP contribution in [0.25, 0.3) is 10.9 Å². The van der Waals surface area contributed by atoms with Gasteiger partial charge in [0.25, 0.3) is 0 Å². The zero-order chi connectivity index (χ0) is 19.8. The number of nitrogens with zero attached hydrogens (tertiary/aromatic N) is 2. The topological polar surface area (TPSA) is 76.6 Å². The normalized spacial score (nSPS) is 21.9. The molecule has 1 aromatic heterocycles. The van der Waals surface area contributed by atoms with Gasteiger partial charge in [-0.25, -0.2) is 4.98 Å². The van der Waals surface area contributed by atoms with Crippen molar-refractivity contribution in [2.75, 3.05) is 6.54 Å². The van der Waals surface area contributed by atoms with E-state index < -0.39 is 5.97 Å². The van der Waals surface area contributed by atoms with Gasteiger partial charge in [0.1, 0.15) is 18.3 Å². The number of aromatic nitrogens is 1. The van der Waals surface area contributed by atoms with Gasteiger partial charge in [0.05, 0.1) is 17.4 Å². The number of halogens is 1. The molecule has 28 heavy (non-hydrogen) atoms. The van der Waals surface area contributed by atoms with Crippen LogP contribution in [-0.4, -0.2) is 34.2 Å². The predicted molar refractivity (Wildman–Crippen MR) is 103 cm³/mol. The first-order chi connectivity index (χ1) is 13.4. The molecule has 1 aromatic carbocycles. The Labute approximate surface area is 167 Å². The smallest absolute Gasteiger partial charge is 0.326 e. The predicted octanol–water partition coefficient (Wildman–Crippen LogP) is 3.42. The summed E-state index contributed by atoms with van der Waals surface area (Å²) in [5.74, 6) is -1.64. The average Bonchev–Trinajstić information content (AvgIpc) is 2.91. The lowest BCUT2D eigenvalue weighted by molar-refractivity contribution is -0.153. The van der Waals surface area contributed by atoms with Crippen LogP contribution in [0.5, 0.6) is 0 Å². The van der Waals surface area contributed by atoms with Crippen LogP contribution in [0.1, 0.15) is 36.8 Å². The van der Waals surface area contributed by atoms with Gasteiger partial charge in [-0.15, -0.1) is 0 Å². The Balaban J connectivity index is 1.41. The van der Waals surface area contributed by atoms with Gasteiger partial charge in [0.15, 0.2) is 0 Å². The average molecular weight is 401 g/mol. The van der Waals surface area contributed by atoms with Crippen LogP contribution in [0.4, 0.5) is 0 Å². The number of imide groups is 1. The molecule has 0 unspecified atom stereocenters. The minimum Gasteiger partial charge on any atom is -0.459 e. The van der Waals surface area contributed by atoms with E-state index in [0.717, 1.165) is 47.0 Å². The van der Waals surface area contributed by atoms with E-state index in [9.17, 15) is 14.4 Å². The molecule has 2 aromatic rings. The van der Waals surface area contributed by atoms with E-state index in [2.05, 4.69) is 4.98 Å². The highest BCUT2D eigenvalue weighted by Crippen LogP contribution is 2.37. The van der Waals surface area contributed by atoms with E-state index >= 15 is 0 Å². The number of pyridine rings is 1. The van der Waals surface area contributed by atoms with Crippen LogP contribution in [0.15, 0.2) is 24.3 Å². The van der Waals surface area contributed by atoms with Crippen LogP contribution in [0.2, 0.25) is 5.15 Å². The Kier molecular flexibility index (Phi) is 5.06. The van der Waals surface area contributed by atoms with Gasteiger partial charge in [-0.2, -0.15) is 0 Å². The van der Waals surface area contributed by atoms with E-state index in [1.807, 2.05) is 31.2 Å². The third-order valence-corrected chi connectivity index (χ3v) is 5.93. The molecule has 0 bridgehead atoms. The zero-order valence-corrected chi connectivity index (χ0v) is 16.4. The van der Waals surface area contributed by atoms with Gasteiger partial charge in [0.2, 0.25) is 11.8 Å². The summed E-state index contributed by atoms with van der Waals surface area (Å²) in [7, 11) is 0. The second-order valence-corrected chi connectivity index (χ2v) is 7.91. The Hall–Kier alpha value is -2.47. The van der Waals surface area contributed by atoms with Gasteiger partial charge in [-0.1, -0.05) is 36.6 Å². The molecule has 2 fully saturated rings. The molecular weight excluding hydrogens is 380 g/mol. The number of carbonyl (C=O) groups is 3. The number of hydrogen-bond acceptors (Lipinski definition) is 5. The summed E-state index contributed by atoms with van der Waals surface area (Å²) in [5.41, 5.74) is 2.44. The molecule has 0 radical (unpaired) electrons. The van der Waals surface area contributed by atoms with Gasteiger partial charge in [-0.3, -0.25) is 19.3 Å². The molecule has 4 rings (SSSR count). The van der Waals surface area contributed by atoms with E-state index in [1.165, 1.54) is 0 Å². The quantitative estimate of drug-likeness (QED) is 0.446. The summed E-state index contributed by atoms with van der Waals surface area (Å²) in [6.45, 7) is 1.57. The number of benzene rings is 1. The molecule has 2 amide bonds. The number of carbonyl (C=O) groups excluding carboxylic acids is 3. The maximum Gasteiger partial charge on any atom is 0.326 e. The molecule has 1 saturated heterocycles. The van der Waals surface area contributed by atoms with Crippen molar-refractivity contribution in [3.05, 3.63) is 40.5 Å². The second-order valence-electron chi connectivity index (χ2n) is 7.56. The number of ether oxygens (including phenoxy) is 1. The van der Waals surface area contributed by atoms with Gasteiger partial charge in [0, 0.05) is 10.9 Å². The lowest BCUT2D eigenvalue weighted by atomic mass is 9.81. The van der Waals surface area contributed by atoms with Crippen LogP contribution in [-0.2, 0) is 25.7 Å². The maximum absolute atomic E-state index is 12.5. The molecule has 6 nitrogen and oxygen atoms in total. The molecular formula is C21H21ClN2O4. The highest BCUT2D eigenvalue weighted by molar-refractivity contribution is 6.30. The molecule has 1 aliphatic carbocycles. The van der Waals surface area contributed by atoms with Gasteiger partial charge in [-0.05, 0) is 37.5 Å². The number of esters is 1. The van der Waals surface area contributed by atoms with Crippen molar-refractivity contribution in [3.63, 3.8) is 0 Å². The minimum absolute atomic E-state index is 0.0580. The number of fused-ring (bicyclic) bond motifs is 2. The van der Waals surface area contributed by atoms with Crippen molar-refractivity contribution in [2.45, 2.75) is 39.2 Å². The molecule has 1 saturated carbocycles. The summed E-state index contributed by atoms with van der Waals surface area (Å²) in [5, 5.41) is 1.17. The molecule has 2 heterocycles. The summed E-state index contributed by atoms with van der Waals surface area (Å²) in [4.78, 5) is 42.6. The maximum atomic E-state index is 12.5. The number of hydrogen-bond donors (Lipinski definition) is 0. The highest BCUT2D eigenvalue weighted by Gasteiger charge is 2.48. The summed E-state index contributed by atoms with van der Waals surface area (Å²) in [6, 6.07) is 7.67. The highest BCUT2D eigenvalue weighted by atomic mass is 35.5. The first-order valence-corrected chi connectivity index (χ1v) is 9.88. The first-order valence-electron chi connectivity index (χ1n) is 9.50. The molecule has 0 N–H and O–H groups in total. The number of likely N-dealkylation sites (tertiary alicyclic amines) is 1. The van der Waals surface area contributed by atoms with Crippen LogP contribution in [0, 0.1) is 18.8 Å². The molecule has 2 atom stereocenters. The lowest BCUT2D eigenvalue weighted by Crippen LogP contribution is -2.36. The van der Waals surface area contributed by atoms with E-state index in [0.29, 0.717) is 5.56 Å². The lowest BCUT2D eigenvalue weighted by Gasteiger charge is -2.19. The van der Waals surface area contributed by atoms with E-state index in [1.54, 1.807) is 0 Å². The van der Waals surface area contributed by atoms with Gasteiger partial charge < -0.3 is 4.74 Å². The van der Waals surface area contributed by atoms with Crippen molar-refractivity contribution in [2.24, 2.45) is 11.8 Å². The van der Waals surface area contributed by atoms with Crippen molar-refractivity contribution in [1.29, 1.82) is 0 Å². The van der Waals surface area contributed by atoms with Crippen LogP contribution < -0.4 is 0 Å². The fraction of sp³-hybridized carbons (Fsp3) is 0.429. The van der Waals surface area contributed by atoms with Crippen molar-refractivity contribution in [3.8, 4) is 0 Å². The third-order valence-electron chi connectivity index (χ3n) is 5.61. The number of aryl methyl sites for hydroxylation is 1. The van der Waals surface area contributed by atoms with E-state index in [4.69, 9.17) is 16.3 Å². The fourth-order valence-electron chi connectivity index (χ4n) is 4.12. The Morgan fingerprint density at radius 2 is 1.86 bits per heavy atom. The monoisotopic (exact) mass is 400 g/mol. The van der Waals surface area contributed by atoms with Crippen molar-refractivity contribution >= 4 is 40.3 Å². The Morgan fingerprint density at radius 3 is 2.54 bits per heavy atom. The van der Waals surface area contributed by atoms with Gasteiger partial charge >= 0.3 is 5.97 Å². The molecule has 0 spiro atoms. The molecule has 1 aliphatic heterocycles. The standard InChI is InChI=1S/C21H21ClN2O4/c1-12-6-7-13-9-14(19(22)23-17(13)8-12)11-28-18(25)10-24-20(26)15-4-2-3-5-16(15)21(24)27/h6-9,15-16H,2-5,10-11H2,1H3/t15-,16+. The number of amides is 2. The van der Waals surface area contributed by atoms with Crippen LogP contribution in [0.3, 0.4) is 0 Å². The summed E-state index contributed by atoms with van der Waals surface area (Å²) >= 11 is 6.22. The van der Waals surface area contributed by atoms with Crippen molar-refractivity contribution in [1.82, 2.24) is 9.88 Å². The zero-order valence-electron chi connectivity index (χ0n) is 15.6. The fourth-order valence-corrected chi connectivity index (χ4v) is 4.32. The summed E-state index contributed by atoms with van der Waals surface area (Å²) in [6.07, 6.45) is 3.34. The molecule has 146 valence electrons. The third kappa shape index (κ3) is 3.49. The number of rotatable bonds is 4. The summed E-state index contributed by atoms with van der Waals surface area (Å²) < 4.78 is 5.28. The minimum atomic E-state index is -0.625. The SMILES string of the molecule is Cc1ccc2cc(COC(=O)CN3C(=O)[C@H]4CCCC[C@H]4C3=O)c(Cl)nc2c1. The van der Waals surface area contributed by atoms with E-state index in [-0.39, 0.29) is 42.0 Å². The first kappa shape index (κ1) is 18.9. The Bertz CT molecular complexity index is 950. The van der Waals surface area contributed by atoms with Crippen LogP contribution >= 0.6 is 11.6 Å². The largest absolute Gasteiger partial charge is 0.459 e. The second kappa shape index (κ2) is 7.51.